The Bertz CT molecular complexity index is 1950. The molecule has 1 aliphatic carbocycles. The van der Waals surface area contributed by atoms with Crippen molar-refractivity contribution in [1.82, 2.24) is 20.9 Å². The lowest BCUT2D eigenvalue weighted by molar-refractivity contribution is -0.135. The van der Waals surface area contributed by atoms with Gasteiger partial charge >= 0.3 is 6.09 Å². The minimum Gasteiger partial charge on any atom is -0.508 e. The van der Waals surface area contributed by atoms with Gasteiger partial charge in [0, 0.05) is 35.4 Å². The first-order valence-corrected chi connectivity index (χ1v) is 17.9. The number of phenolic OH excluding ortho intramolecular Hbond substituents is 1. The van der Waals surface area contributed by atoms with E-state index in [0.717, 1.165) is 16.8 Å². The number of aromatic nitrogens is 1. The molecule has 7 N–H and O–H groups in total. The molecule has 0 saturated carbocycles. The molecule has 1 heterocycles. The van der Waals surface area contributed by atoms with Crippen molar-refractivity contribution >= 4 is 57.9 Å². The predicted octanol–water partition coefficient (Wildman–Crippen LogP) is 6.00. The summed E-state index contributed by atoms with van der Waals surface area (Å²) < 4.78 is 20.3. The molecule has 0 saturated heterocycles. The minimum atomic E-state index is -1.63. The smallest absolute Gasteiger partial charge is 0.409 e. The summed E-state index contributed by atoms with van der Waals surface area (Å²) in [6.45, 7) is 3.63. The van der Waals surface area contributed by atoms with Crippen LogP contribution in [0.5, 0.6) is 5.75 Å². The number of hydrogen-bond donors (Lipinski definition) is 6. The van der Waals surface area contributed by atoms with Crippen molar-refractivity contribution in [3.05, 3.63) is 98.9 Å². The zero-order valence-corrected chi connectivity index (χ0v) is 30.4. The fourth-order valence-electron chi connectivity index (χ4n) is 6.50. The molecular formula is C38H42Cl2FN5O6. The Morgan fingerprint density at radius 3 is 2.48 bits per heavy atom. The molecule has 0 aliphatic heterocycles. The maximum absolute atomic E-state index is 14.3. The number of primary amides is 1. The second-order valence-corrected chi connectivity index (χ2v) is 14.1. The predicted molar refractivity (Wildman–Crippen MR) is 196 cm³/mol. The van der Waals surface area contributed by atoms with E-state index in [0.29, 0.717) is 45.8 Å². The number of aromatic hydroxyl groups is 1. The molecule has 14 heteroatoms. The second-order valence-electron chi connectivity index (χ2n) is 13.3. The van der Waals surface area contributed by atoms with E-state index in [4.69, 9.17) is 33.7 Å². The summed E-state index contributed by atoms with van der Waals surface area (Å²) >= 11 is 12.9. The number of aromatic amines is 1. The molecule has 1 aromatic heterocycles. The van der Waals surface area contributed by atoms with Gasteiger partial charge in [0.05, 0.1) is 10.5 Å². The van der Waals surface area contributed by atoms with Gasteiger partial charge in [-0.05, 0) is 78.6 Å². The molecule has 4 amide bonds. The molecule has 5 rings (SSSR count). The summed E-state index contributed by atoms with van der Waals surface area (Å²) in [6.07, 6.45) is 0.590. The van der Waals surface area contributed by atoms with Crippen LogP contribution in [0, 0.1) is 11.7 Å². The Hall–Kier alpha value is -4.81. The van der Waals surface area contributed by atoms with Gasteiger partial charge in [-0.3, -0.25) is 14.4 Å². The van der Waals surface area contributed by atoms with Gasteiger partial charge in [0.15, 0.2) is 5.72 Å². The van der Waals surface area contributed by atoms with Crippen LogP contribution in [-0.4, -0.2) is 51.7 Å². The Balaban J connectivity index is 1.44. The van der Waals surface area contributed by atoms with Gasteiger partial charge in [-0.2, -0.15) is 0 Å². The van der Waals surface area contributed by atoms with Crippen molar-refractivity contribution in [3.63, 3.8) is 0 Å². The quantitative estimate of drug-likeness (QED) is 0.0862. The molecule has 276 valence electrons. The highest BCUT2D eigenvalue weighted by molar-refractivity contribution is 6.38. The molecule has 0 spiro atoms. The van der Waals surface area contributed by atoms with Crippen LogP contribution in [0.3, 0.4) is 0 Å². The molecule has 4 unspecified atom stereocenters. The number of nitrogens with two attached hydrogens (primary N) is 1. The van der Waals surface area contributed by atoms with Crippen LogP contribution in [0.15, 0.2) is 60.7 Å². The van der Waals surface area contributed by atoms with E-state index in [9.17, 15) is 28.7 Å². The first-order valence-electron chi connectivity index (χ1n) is 17.2. The lowest BCUT2D eigenvalue weighted by Crippen LogP contribution is -2.61. The van der Waals surface area contributed by atoms with Crippen molar-refractivity contribution in [2.24, 2.45) is 11.7 Å². The monoisotopic (exact) mass is 753 g/mol. The number of benzene rings is 3. The molecule has 1 aliphatic rings. The van der Waals surface area contributed by atoms with Crippen molar-refractivity contribution in [2.75, 3.05) is 0 Å². The molecule has 52 heavy (non-hydrogen) atoms. The molecule has 3 aromatic carbocycles. The summed E-state index contributed by atoms with van der Waals surface area (Å²) in [7, 11) is 0. The Kier molecular flexibility index (Phi) is 12.3. The van der Waals surface area contributed by atoms with Crippen LogP contribution in [0.25, 0.3) is 10.9 Å². The standard InChI is InChI=1S/C38H42Cl2FN5O6/c1-3-21(2)33(35(42)49)45-37(51)52-38(17-16-30-27(20-38)26-18-24(39)19-28(40)34(26)44-30)46-36(50)31(14-10-22-8-12-25(47)13-9-22)43-32(48)15-11-23-6-4-5-7-29(23)41/h4-9,12-13,18-19,21,31,33,44,47H,3,10-11,14-17,20H2,1-2H3,(H2,42,49)(H,43,48)(H,45,51)(H,46,50). The van der Waals surface area contributed by atoms with Gasteiger partial charge < -0.3 is 36.5 Å². The maximum atomic E-state index is 14.3. The van der Waals surface area contributed by atoms with Gasteiger partial charge in [-0.1, -0.05) is 73.8 Å². The van der Waals surface area contributed by atoms with Gasteiger partial charge in [0.25, 0.3) is 0 Å². The Labute approximate surface area is 310 Å². The zero-order valence-electron chi connectivity index (χ0n) is 28.9. The largest absolute Gasteiger partial charge is 0.508 e. The van der Waals surface area contributed by atoms with Crippen molar-refractivity contribution < 1.29 is 33.4 Å². The van der Waals surface area contributed by atoms with E-state index in [1.807, 2.05) is 6.92 Å². The number of alkyl carbamates (subject to hydrolysis) is 1. The third-order valence-corrected chi connectivity index (χ3v) is 10.1. The van der Waals surface area contributed by atoms with E-state index in [1.54, 1.807) is 49.4 Å². The first-order chi connectivity index (χ1) is 24.8. The highest BCUT2D eigenvalue weighted by Crippen LogP contribution is 2.38. The molecule has 4 atom stereocenters. The van der Waals surface area contributed by atoms with E-state index < -0.39 is 47.4 Å². The summed E-state index contributed by atoms with van der Waals surface area (Å²) in [4.78, 5) is 56.6. The second kappa shape index (κ2) is 16.7. The fraction of sp³-hybridized carbons (Fsp3) is 0.368. The van der Waals surface area contributed by atoms with Crippen molar-refractivity contribution in [3.8, 4) is 5.75 Å². The molecule has 4 aromatic rings. The van der Waals surface area contributed by atoms with Gasteiger partial charge in [0.1, 0.15) is 23.7 Å². The van der Waals surface area contributed by atoms with Crippen LogP contribution in [0.1, 0.15) is 61.9 Å². The number of fused-ring (bicyclic) bond motifs is 3. The number of nitrogens with one attached hydrogen (secondary N) is 4. The maximum Gasteiger partial charge on any atom is 0.409 e. The van der Waals surface area contributed by atoms with Gasteiger partial charge in [-0.25, -0.2) is 9.18 Å². The minimum absolute atomic E-state index is 0.00858. The SMILES string of the molecule is CCC(C)C(NC(=O)OC1(NC(=O)C(CCc2ccc(O)cc2)NC(=O)CCc2ccccc2F)CCc2[nH]c3c(Cl)cc(Cl)cc3c2C1)C(N)=O. The van der Waals surface area contributed by atoms with Crippen LogP contribution < -0.4 is 21.7 Å². The number of carbonyl (C=O) groups excluding carboxylic acids is 4. The van der Waals surface area contributed by atoms with E-state index >= 15 is 0 Å². The van der Waals surface area contributed by atoms with Crippen molar-refractivity contribution in [2.45, 2.75) is 83.0 Å². The summed E-state index contributed by atoms with van der Waals surface area (Å²) in [5.41, 5.74) is 7.34. The third-order valence-electron chi connectivity index (χ3n) is 9.58. The lowest BCUT2D eigenvalue weighted by atomic mass is 9.87. The summed E-state index contributed by atoms with van der Waals surface area (Å²) in [5, 5.41) is 19.5. The zero-order chi connectivity index (χ0) is 37.6. The number of aryl methyl sites for hydroxylation is 3. The first kappa shape index (κ1) is 38.4. The number of rotatable bonds is 14. The molecule has 11 nitrogen and oxygen atoms in total. The molecule has 0 bridgehead atoms. The van der Waals surface area contributed by atoms with Crippen LogP contribution in [0.2, 0.25) is 10.0 Å². The fourth-order valence-corrected chi connectivity index (χ4v) is 7.04. The highest BCUT2D eigenvalue weighted by Gasteiger charge is 2.43. The van der Waals surface area contributed by atoms with Crippen LogP contribution in [-0.2, 0) is 44.8 Å². The summed E-state index contributed by atoms with van der Waals surface area (Å²) in [6, 6.07) is 13.8. The number of phenols is 1. The third kappa shape index (κ3) is 9.34. The van der Waals surface area contributed by atoms with Gasteiger partial charge in [-0.15, -0.1) is 0 Å². The average molecular weight is 755 g/mol. The van der Waals surface area contributed by atoms with E-state index in [1.165, 1.54) is 18.2 Å². The van der Waals surface area contributed by atoms with Crippen molar-refractivity contribution in [1.29, 1.82) is 0 Å². The lowest BCUT2D eigenvalue weighted by Gasteiger charge is -2.38. The Morgan fingerprint density at radius 2 is 1.79 bits per heavy atom. The number of ether oxygens (including phenoxy) is 1. The normalized spacial score (nSPS) is 17.0. The van der Waals surface area contributed by atoms with Crippen LogP contribution in [0.4, 0.5) is 9.18 Å². The number of H-pyrrole nitrogens is 1. The number of amides is 4. The average Bonchev–Trinajstić information content (AvgIpc) is 3.46. The molecule has 0 fully saturated rings. The molecular weight excluding hydrogens is 712 g/mol. The topological polar surface area (TPSA) is 176 Å². The summed E-state index contributed by atoms with van der Waals surface area (Å²) in [5.74, 6) is -2.48. The number of carbonyl (C=O) groups is 4. The number of halogens is 3. The van der Waals surface area contributed by atoms with Crippen LogP contribution >= 0.6 is 23.2 Å². The number of hydrogen-bond acceptors (Lipinski definition) is 6. The van der Waals surface area contributed by atoms with E-state index in [2.05, 4.69) is 20.9 Å². The Morgan fingerprint density at radius 1 is 1.06 bits per heavy atom. The molecule has 0 radical (unpaired) electrons. The highest BCUT2D eigenvalue weighted by atomic mass is 35.5. The van der Waals surface area contributed by atoms with Gasteiger partial charge in [0.2, 0.25) is 17.7 Å². The van der Waals surface area contributed by atoms with E-state index in [-0.39, 0.29) is 43.8 Å².